The van der Waals surface area contributed by atoms with E-state index in [4.69, 9.17) is 16.3 Å². The van der Waals surface area contributed by atoms with Crippen LogP contribution in [0, 0.1) is 0 Å². The molecule has 0 saturated carbocycles. The molecular formula is C16H16ClNO2. The van der Waals surface area contributed by atoms with Crippen molar-refractivity contribution in [3.8, 4) is 5.75 Å². The molecule has 0 aliphatic rings. The summed E-state index contributed by atoms with van der Waals surface area (Å²) in [5.41, 5.74) is 1.37. The number of halogens is 1. The van der Waals surface area contributed by atoms with Crippen LogP contribution < -0.4 is 4.74 Å². The zero-order valence-corrected chi connectivity index (χ0v) is 12.0. The molecule has 0 amide bonds. The van der Waals surface area contributed by atoms with Gasteiger partial charge in [-0.1, -0.05) is 18.2 Å². The first-order chi connectivity index (χ1) is 9.70. The molecule has 0 aliphatic heterocycles. The first-order valence-corrected chi connectivity index (χ1v) is 6.95. The Balaban J connectivity index is 2.06. The Bertz CT molecular complexity index is 572. The number of rotatable bonds is 6. The first-order valence-electron chi connectivity index (χ1n) is 6.51. The molecule has 1 atom stereocenters. The average molecular weight is 290 g/mol. The van der Waals surface area contributed by atoms with Gasteiger partial charge in [-0.25, -0.2) is 0 Å². The highest BCUT2D eigenvalue weighted by Gasteiger charge is 2.18. The third-order valence-corrected chi connectivity index (χ3v) is 3.18. The highest BCUT2D eigenvalue weighted by atomic mass is 35.5. The predicted octanol–water partition coefficient (Wildman–Crippen LogP) is 3.51. The molecule has 0 aliphatic carbocycles. The molecule has 1 unspecified atom stereocenters. The van der Waals surface area contributed by atoms with Crippen molar-refractivity contribution in [2.24, 2.45) is 0 Å². The Kier molecular flexibility index (Phi) is 5.13. The topological polar surface area (TPSA) is 39.2 Å². The number of pyridine rings is 1. The van der Waals surface area contributed by atoms with Gasteiger partial charge in [0, 0.05) is 6.20 Å². The SMILES string of the molecule is CCOc1cccc(CC(Cl)C(=O)c2ccccn2)c1. The van der Waals surface area contributed by atoms with E-state index in [0.717, 1.165) is 11.3 Å². The van der Waals surface area contributed by atoms with E-state index in [0.29, 0.717) is 18.7 Å². The van der Waals surface area contributed by atoms with Gasteiger partial charge in [-0.05, 0) is 43.2 Å². The molecule has 104 valence electrons. The molecule has 0 spiro atoms. The van der Waals surface area contributed by atoms with Crippen LogP contribution in [0.2, 0.25) is 0 Å². The van der Waals surface area contributed by atoms with Crippen LogP contribution in [0.15, 0.2) is 48.7 Å². The molecule has 4 heteroatoms. The summed E-state index contributed by atoms with van der Waals surface area (Å²) in [7, 11) is 0. The van der Waals surface area contributed by atoms with Crippen molar-refractivity contribution in [1.29, 1.82) is 0 Å². The Hall–Kier alpha value is -1.87. The number of carbonyl (C=O) groups excluding carboxylic acids is 1. The van der Waals surface area contributed by atoms with E-state index in [1.165, 1.54) is 0 Å². The van der Waals surface area contributed by atoms with Gasteiger partial charge < -0.3 is 4.74 Å². The largest absolute Gasteiger partial charge is 0.494 e. The number of hydrogen-bond acceptors (Lipinski definition) is 3. The molecule has 3 nitrogen and oxygen atoms in total. The number of aromatic nitrogens is 1. The molecular weight excluding hydrogens is 274 g/mol. The van der Waals surface area contributed by atoms with Crippen molar-refractivity contribution in [2.45, 2.75) is 18.7 Å². The molecule has 0 fully saturated rings. The van der Waals surface area contributed by atoms with Gasteiger partial charge in [0.15, 0.2) is 5.78 Å². The lowest BCUT2D eigenvalue weighted by Gasteiger charge is -2.10. The van der Waals surface area contributed by atoms with Gasteiger partial charge in [0.05, 0.1) is 6.61 Å². The van der Waals surface area contributed by atoms with E-state index >= 15 is 0 Å². The number of hydrogen-bond donors (Lipinski definition) is 0. The minimum Gasteiger partial charge on any atom is -0.494 e. The lowest BCUT2D eigenvalue weighted by molar-refractivity contribution is 0.0982. The lowest BCUT2D eigenvalue weighted by atomic mass is 10.0. The fraction of sp³-hybridized carbons (Fsp3) is 0.250. The van der Waals surface area contributed by atoms with Crippen LogP contribution in [0.5, 0.6) is 5.75 Å². The van der Waals surface area contributed by atoms with Crippen molar-refractivity contribution < 1.29 is 9.53 Å². The summed E-state index contributed by atoms with van der Waals surface area (Å²) in [6, 6.07) is 12.8. The minimum absolute atomic E-state index is 0.158. The molecule has 20 heavy (non-hydrogen) atoms. The molecule has 0 N–H and O–H groups in total. The Morgan fingerprint density at radius 1 is 1.30 bits per heavy atom. The van der Waals surface area contributed by atoms with Crippen molar-refractivity contribution in [2.75, 3.05) is 6.61 Å². The molecule has 2 aromatic rings. The van der Waals surface area contributed by atoms with E-state index in [-0.39, 0.29) is 5.78 Å². The third-order valence-electron chi connectivity index (χ3n) is 2.83. The smallest absolute Gasteiger partial charge is 0.199 e. The second-order valence-corrected chi connectivity index (χ2v) is 4.86. The maximum absolute atomic E-state index is 12.1. The molecule has 0 bridgehead atoms. The summed E-state index contributed by atoms with van der Waals surface area (Å²) in [5.74, 6) is 0.633. The number of Topliss-reactive ketones (excluding diaryl/α,β-unsaturated/α-hetero) is 1. The van der Waals surface area contributed by atoms with Gasteiger partial charge >= 0.3 is 0 Å². The Morgan fingerprint density at radius 2 is 2.15 bits per heavy atom. The zero-order valence-electron chi connectivity index (χ0n) is 11.3. The van der Waals surface area contributed by atoms with Crippen molar-refractivity contribution in [3.63, 3.8) is 0 Å². The van der Waals surface area contributed by atoms with E-state index < -0.39 is 5.38 Å². The third kappa shape index (κ3) is 3.81. The van der Waals surface area contributed by atoms with Gasteiger partial charge in [0.1, 0.15) is 16.8 Å². The molecule has 1 aromatic carbocycles. The number of alkyl halides is 1. The van der Waals surface area contributed by atoms with E-state index in [2.05, 4.69) is 4.98 Å². The fourth-order valence-electron chi connectivity index (χ4n) is 1.90. The highest BCUT2D eigenvalue weighted by molar-refractivity contribution is 6.33. The van der Waals surface area contributed by atoms with Crippen molar-refractivity contribution in [3.05, 3.63) is 59.9 Å². The van der Waals surface area contributed by atoms with Crippen LogP contribution in [-0.2, 0) is 6.42 Å². The summed E-state index contributed by atoms with van der Waals surface area (Å²) >= 11 is 6.20. The lowest BCUT2D eigenvalue weighted by Crippen LogP contribution is -2.18. The summed E-state index contributed by atoms with van der Waals surface area (Å²) in [5, 5.41) is -0.623. The maximum Gasteiger partial charge on any atom is 0.199 e. The van der Waals surface area contributed by atoms with Crippen LogP contribution in [0.3, 0.4) is 0 Å². The number of nitrogens with zero attached hydrogens (tertiary/aromatic N) is 1. The number of carbonyl (C=O) groups is 1. The van der Waals surface area contributed by atoms with E-state index in [1.54, 1.807) is 24.4 Å². The summed E-state index contributed by atoms with van der Waals surface area (Å²) in [6.07, 6.45) is 2.05. The van der Waals surface area contributed by atoms with Gasteiger partial charge in [0.2, 0.25) is 0 Å². The zero-order chi connectivity index (χ0) is 14.4. The highest BCUT2D eigenvalue weighted by Crippen LogP contribution is 2.18. The number of benzene rings is 1. The fourth-order valence-corrected chi connectivity index (χ4v) is 2.19. The second kappa shape index (κ2) is 7.06. The van der Waals surface area contributed by atoms with E-state index in [9.17, 15) is 4.79 Å². The summed E-state index contributed by atoms with van der Waals surface area (Å²) in [4.78, 5) is 16.2. The standard InChI is InChI=1S/C16H16ClNO2/c1-2-20-13-7-5-6-12(10-13)11-14(17)16(19)15-8-3-4-9-18-15/h3-10,14H,2,11H2,1H3. The molecule has 1 heterocycles. The van der Waals surface area contributed by atoms with E-state index in [1.807, 2.05) is 31.2 Å². The molecule has 1 aromatic heterocycles. The second-order valence-electron chi connectivity index (χ2n) is 4.33. The van der Waals surface area contributed by atoms with Crippen LogP contribution in [0.4, 0.5) is 0 Å². The van der Waals surface area contributed by atoms with Crippen molar-refractivity contribution >= 4 is 17.4 Å². The number of ether oxygens (including phenoxy) is 1. The molecule has 0 saturated heterocycles. The maximum atomic E-state index is 12.1. The molecule has 0 radical (unpaired) electrons. The van der Waals surface area contributed by atoms with Gasteiger partial charge in [-0.3, -0.25) is 9.78 Å². The minimum atomic E-state index is -0.623. The van der Waals surface area contributed by atoms with Crippen molar-refractivity contribution in [1.82, 2.24) is 4.98 Å². The Morgan fingerprint density at radius 3 is 2.85 bits per heavy atom. The summed E-state index contributed by atoms with van der Waals surface area (Å²) < 4.78 is 5.43. The number of ketones is 1. The van der Waals surface area contributed by atoms with Crippen LogP contribution in [0.1, 0.15) is 23.0 Å². The first kappa shape index (κ1) is 14.5. The van der Waals surface area contributed by atoms with Crippen LogP contribution in [-0.4, -0.2) is 22.8 Å². The van der Waals surface area contributed by atoms with Gasteiger partial charge in [0.25, 0.3) is 0 Å². The monoisotopic (exact) mass is 289 g/mol. The molecule has 2 rings (SSSR count). The summed E-state index contributed by atoms with van der Waals surface area (Å²) in [6.45, 7) is 2.54. The normalized spacial score (nSPS) is 11.9. The van der Waals surface area contributed by atoms with Gasteiger partial charge in [-0.2, -0.15) is 0 Å². The average Bonchev–Trinajstić information content (AvgIpc) is 2.48. The van der Waals surface area contributed by atoms with Crippen LogP contribution >= 0.6 is 11.6 Å². The van der Waals surface area contributed by atoms with Gasteiger partial charge in [-0.15, -0.1) is 11.6 Å². The Labute approximate surface area is 123 Å². The quantitative estimate of drug-likeness (QED) is 0.603. The van der Waals surface area contributed by atoms with Crippen LogP contribution in [0.25, 0.3) is 0 Å². The predicted molar refractivity (Wildman–Crippen MR) is 79.5 cm³/mol.